The lowest BCUT2D eigenvalue weighted by Crippen LogP contribution is -2.70. The average molecular weight is 538 g/mol. The predicted molar refractivity (Wildman–Crippen MR) is 141 cm³/mol. The van der Waals surface area contributed by atoms with Gasteiger partial charge in [0.2, 0.25) is 11.0 Å². The second kappa shape index (κ2) is 9.92. The summed E-state index contributed by atoms with van der Waals surface area (Å²) in [5.74, 6) is -1.20. The number of thiol groups is 1. The summed E-state index contributed by atoms with van der Waals surface area (Å²) in [6.45, 7) is 0. The number of carboxylic acid groups (broad SMARTS) is 1. The van der Waals surface area contributed by atoms with E-state index in [4.69, 9.17) is 5.11 Å². The lowest BCUT2D eigenvalue weighted by atomic mass is 10.0. The van der Waals surface area contributed by atoms with Crippen LogP contribution in [0, 0.1) is 0 Å². The Morgan fingerprint density at radius 1 is 1.11 bits per heavy atom. The first-order valence-corrected chi connectivity index (χ1v) is 13.2. The van der Waals surface area contributed by atoms with Gasteiger partial charge in [0.25, 0.3) is 5.91 Å². The van der Waals surface area contributed by atoms with E-state index in [1.54, 1.807) is 12.1 Å². The second-order valence-electron chi connectivity index (χ2n) is 8.17. The lowest BCUT2D eigenvalue weighted by molar-refractivity contribution is -0.146. The van der Waals surface area contributed by atoms with Crippen molar-refractivity contribution in [3.63, 3.8) is 0 Å². The monoisotopic (exact) mass is 537 g/mol. The number of hydrogen-bond acceptors (Lipinski definition) is 7. The maximum atomic E-state index is 13.0. The predicted octanol–water partition coefficient (Wildman–Crippen LogP) is 3.32. The first kappa shape index (κ1) is 24.3. The van der Waals surface area contributed by atoms with E-state index in [-0.39, 0.29) is 29.5 Å². The second-order valence-corrected chi connectivity index (χ2v) is 10.5. The van der Waals surface area contributed by atoms with Gasteiger partial charge in [0.05, 0.1) is 17.7 Å². The van der Waals surface area contributed by atoms with Crippen molar-refractivity contribution in [2.24, 2.45) is 0 Å². The molecule has 11 heteroatoms. The van der Waals surface area contributed by atoms with Gasteiger partial charge in [-0.25, -0.2) is 9.78 Å². The van der Waals surface area contributed by atoms with Crippen LogP contribution in [0.3, 0.4) is 0 Å². The normalized spacial score (nSPS) is 18.9. The summed E-state index contributed by atoms with van der Waals surface area (Å²) in [5.41, 5.74) is 3.19. The van der Waals surface area contributed by atoms with Crippen molar-refractivity contribution in [3.05, 3.63) is 81.8 Å². The molecule has 36 heavy (non-hydrogen) atoms. The molecule has 2 aliphatic rings. The van der Waals surface area contributed by atoms with Gasteiger partial charge in [-0.15, -0.1) is 23.1 Å². The molecule has 8 nitrogen and oxygen atoms in total. The third kappa shape index (κ3) is 4.57. The minimum absolute atomic E-state index is 0.163. The molecule has 0 bridgehead atoms. The fourth-order valence-corrected chi connectivity index (χ4v) is 6.67. The Morgan fingerprint density at radius 3 is 2.50 bits per heavy atom. The topological polar surface area (TPSA) is 117 Å². The zero-order valence-corrected chi connectivity index (χ0v) is 21.1. The summed E-state index contributed by atoms with van der Waals surface area (Å²) in [7, 11) is 0. The van der Waals surface area contributed by atoms with E-state index >= 15 is 0 Å². The van der Waals surface area contributed by atoms with Crippen LogP contribution >= 0.6 is 35.7 Å². The summed E-state index contributed by atoms with van der Waals surface area (Å²) < 4.78 is 0. The average Bonchev–Trinajstić information content (AvgIpc) is 3.37. The SMILES string of the molecule is O=C(Cc1ccccc1)N[C@@H]1C(=O)N2C(C(=O)S)=C(c3nc(-c4ccc(C(=O)O)cc4)cs3)CS[C@H]12. The van der Waals surface area contributed by atoms with Crippen LogP contribution in [0.5, 0.6) is 0 Å². The smallest absolute Gasteiger partial charge is 0.335 e. The van der Waals surface area contributed by atoms with Crippen LogP contribution in [0.15, 0.2) is 65.7 Å². The molecule has 2 aliphatic heterocycles. The van der Waals surface area contributed by atoms with Crippen LogP contribution in [0.1, 0.15) is 20.9 Å². The number of fused-ring (bicyclic) bond motifs is 1. The Morgan fingerprint density at radius 2 is 1.83 bits per heavy atom. The van der Waals surface area contributed by atoms with E-state index in [0.29, 0.717) is 22.0 Å². The molecular weight excluding hydrogens is 518 g/mol. The highest BCUT2D eigenvalue weighted by atomic mass is 32.2. The number of thiazole rings is 1. The quantitative estimate of drug-likeness (QED) is 0.313. The molecule has 182 valence electrons. The van der Waals surface area contributed by atoms with Gasteiger partial charge in [-0.1, -0.05) is 55.1 Å². The minimum Gasteiger partial charge on any atom is -0.478 e. The van der Waals surface area contributed by atoms with Gasteiger partial charge in [0, 0.05) is 22.3 Å². The summed E-state index contributed by atoms with van der Waals surface area (Å²) in [4.78, 5) is 55.1. The van der Waals surface area contributed by atoms with Crippen molar-refractivity contribution >= 4 is 64.2 Å². The number of thioether (sulfide) groups is 1. The molecule has 1 aromatic heterocycles. The first-order valence-electron chi connectivity index (χ1n) is 10.9. The summed E-state index contributed by atoms with van der Waals surface area (Å²) >= 11 is 6.82. The number of aromatic nitrogens is 1. The van der Waals surface area contributed by atoms with E-state index in [1.807, 2.05) is 35.7 Å². The fourth-order valence-electron chi connectivity index (χ4n) is 4.12. The van der Waals surface area contributed by atoms with Crippen molar-refractivity contribution in [1.82, 2.24) is 15.2 Å². The highest BCUT2D eigenvalue weighted by Crippen LogP contribution is 2.44. The van der Waals surface area contributed by atoms with Crippen molar-refractivity contribution in [1.29, 1.82) is 0 Å². The molecule has 1 saturated heterocycles. The molecule has 0 saturated carbocycles. The Hall–Kier alpha value is -3.41. The van der Waals surface area contributed by atoms with Gasteiger partial charge in [0.1, 0.15) is 22.1 Å². The molecule has 2 atom stereocenters. The number of β-lactam (4-membered cyclic amide) rings is 1. The number of carbonyl (C=O) groups is 4. The van der Waals surface area contributed by atoms with Crippen molar-refractivity contribution in [2.45, 2.75) is 17.8 Å². The largest absolute Gasteiger partial charge is 0.478 e. The molecule has 0 spiro atoms. The Balaban J connectivity index is 1.35. The van der Waals surface area contributed by atoms with Gasteiger partial charge in [-0.3, -0.25) is 19.3 Å². The van der Waals surface area contributed by atoms with Gasteiger partial charge in [-0.2, -0.15) is 0 Å². The van der Waals surface area contributed by atoms with Gasteiger partial charge in [-0.05, 0) is 17.7 Å². The summed E-state index contributed by atoms with van der Waals surface area (Å²) in [5, 5.41) is 13.4. The number of benzene rings is 2. The molecule has 2 amide bonds. The number of hydrogen-bond donors (Lipinski definition) is 3. The minimum atomic E-state index is -1.01. The maximum Gasteiger partial charge on any atom is 0.335 e. The van der Waals surface area contributed by atoms with Gasteiger partial charge in [0.15, 0.2) is 0 Å². The van der Waals surface area contributed by atoms with Crippen LogP contribution in [0.4, 0.5) is 0 Å². The molecule has 0 radical (unpaired) electrons. The van der Waals surface area contributed by atoms with E-state index in [2.05, 4.69) is 22.9 Å². The molecule has 3 aromatic rings. The third-order valence-electron chi connectivity index (χ3n) is 5.88. The number of nitrogens with one attached hydrogen (secondary N) is 1. The lowest BCUT2D eigenvalue weighted by Gasteiger charge is -2.49. The van der Waals surface area contributed by atoms with Crippen LogP contribution in [0.2, 0.25) is 0 Å². The number of rotatable bonds is 7. The highest BCUT2D eigenvalue weighted by Gasteiger charge is 2.54. The molecule has 2 N–H and O–H groups in total. The molecular formula is C25H19N3O5S3. The standard InChI is InChI=1S/C25H19N3O5S3/c29-18(10-13-4-2-1-3-5-13)27-19-22(30)28-20(25(33)34)16(11-36-23(19)28)21-26-17(12-35-21)14-6-8-15(9-7-14)24(31)32/h1-9,12,19,23H,10-11H2,(H,27,29)(H,31,32)(H,33,34)/t19-,23-/m1/s1. The first-order chi connectivity index (χ1) is 17.3. The Kier molecular flexibility index (Phi) is 6.69. The zero-order chi connectivity index (χ0) is 25.4. The summed E-state index contributed by atoms with van der Waals surface area (Å²) in [6, 6.07) is 14.9. The maximum absolute atomic E-state index is 13.0. The van der Waals surface area contributed by atoms with E-state index in [9.17, 15) is 19.2 Å². The zero-order valence-electron chi connectivity index (χ0n) is 18.6. The molecule has 1 fully saturated rings. The van der Waals surface area contributed by atoms with Crippen molar-refractivity contribution in [2.75, 3.05) is 5.75 Å². The van der Waals surface area contributed by atoms with Gasteiger partial charge >= 0.3 is 5.97 Å². The van der Waals surface area contributed by atoms with E-state index in [0.717, 1.165) is 11.1 Å². The molecule has 5 rings (SSSR count). The number of carboxylic acids is 1. The van der Waals surface area contributed by atoms with Crippen LogP contribution in [-0.2, 0) is 20.8 Å². The molecule has 3 heterocycles. The van der Waals surface area contributed by atoms with E-state index in [1.165, 1.54) is 40.1 Å². The summed E-state index contributed by atoms with van der Waals surface area (Å²) in [6.07, 6.45) is 0.163. The number of nitrogens with zero attached hydrogens (tertiary/aromatic N) is 2. The Bertz CT molecular complexity index is 1400. The van der Waals surface area contributed by atoms with Crippen molar-refractivity contribution in [3.8, 4) is 11.3 Å². The van der Waals surface area contributed by atoms with Gasteiger partial charge < -0.3 is 10.4 Å². The molecule has 0 unspecified atom stereocenters. The number of amides is 2. The highest BCUT2D eigenvalue weighted by molar-refractivity contribution is 8.00. The van der Waals surface area contributed by atoms with Crippen LogP contribution < -0.4 is 5.32 Å². The van der Waals surface area contributed by atoms with Crippen LogP contribution in [-0.4, -0.2) is 55.1 Å². The van der Waals surface area contributed by atoms with Crippen LogP contribution in [0.25, 0.3) is 16.8 Å². The molecule has 2 aromatic carbocycles. The number of aromatic carboxylic acids is 1. The molecule has 0 aliphatic carbocycles. The fraction of sp³-hybridized carbons (Fsp3) is 0.160. The van der Waals surface area contributed by atoms with Crippen molar-refractivity contribution < 1.29 is 24.3 Å². The van der Waals surface area contributed by atoms with E-state index < -0.39 is 22.5 Å². The number of carbonyl (C=O) groups excluding carboxylic acids is 3. The Labute approximate surface area is 219 Å². The third-order valence-corrected chi connectivity index (χ3v) is 8.28.